The molecule has 2 amide bonds. The minimum absolute atomic E-state index is 0.0904. The molecule has 0 aliphatic heterocycles. The summed E-state index contributed by atoms with van der Waals surface area (Å²) in [5.41, 5.74) is 3.76. The zero-order valence-electron chi connectivity index (χ0n) is 14.1. The van der Waals surface area contributed by atoms with Gasteiger partial charge in [0.05, 0.1) is 0 Å². The van der Waals surface area contributed by atoms with Crippen LogP contribution >= 0.6 is 15.9 Å². The van der Waals surface area contributed by atoms with Crippen LogP contribution in [-0.2, 0) is 9.59 Å². The van der Waals surface area contributed by atoms with E-state index in [1.165, 1.54) is 6.92 Å². The van der Waals surface area contributed by atoms with Crippen LogP contribution in [0.2, 0.25) is 0 Å². The Morgan fingerprint density at radius 3 is 2.50 bits per heavy atom. The molecule has 24 heavy (non-hydrogen) atoms. The molecule has 5 heteroatoms. The zero-order valence-corrected chi connectivity index (χ0v) is 15.7. The van der Waals surface area contributed by atoms with E-state index in [0.717, 1.165) is 27.0 Å². The van der Waals surface area contributed by atoms with Crippen LogP contribution in [-0.4, -0.2) is 18.4 Å². The summed E-state index contributed by atoms with van der Waals surface area (Å²) in [6.07, 6.45) is 0.236. The molecule has 2 aromatic rings. The van der Waals surface area contributed by atoms with Gasteiger partial charge in [-0.15, -0.1) is 0 Å². The Morgan fingerprint density at radius 2 is 1.88 bits per heavy atom. The summed E-state index contributed by atoms with van der Waals surface area (Å²) in [5, 5.41) is 2.91. The predicted octanol–water partition coefficient (Wildman–Crippen LogP) is 4.45. The molecule has 0 aliphatic carbocycles. The maximum absolute atomic E-state index is 12.2. The molecule has 0 aromatic heterocycles. The van der Waals surface area contributed by atoms with Crippen LogP contribution < -0.4 is 10.2 Å². The third kappa shape index (κ3) is 4.93. The zero-order chi connectivity index (χ0) is 17.7. The first kappa shape index (κ1) is 18.2. The second-order valence-corrected chi connectivity index (χ2v) is 6.68. The van der Waals surface area contributed by atoms with E-state index in [2.05, 4.69) is 21.2 Å². The van der Waals surface area contributed by atoms with Gasteiger partial charge in [0.2, 0.25) is 11.8 Å². The lowest BCUT2D eigenvalue weighted by atomic mass is 10.1. The number of nitrogens with one attached hydrogen (secondary N) is 1. The standard InChI is InChI=1S/C19H21BrN2O2/c1-13-7-8-18(14(2)11-13)21-19(24)9-10-22(15(3)23)17-6-4-5-16(20)12-17/h4-8,11-12H,9-10H2,1-3H3,(H,21,24). The Morgan fingerprint density at radius 1 is 1.12 bits per heavy atom. The molecule has 2 rings (SSSR count). The van der Waals surface area contributed by atoms with E-state index in [9.17, 15) is 9.59 Å². The second kappa shape index (κ2) is 8.11. The van der Waals surface area contributed by atoms with E-state index in [-0.39, 0.29) is 18.2 Å². The van der Waals surface area contributed by atoms with Gasteiger partial charge in [0, 0.05) is 35.7 Å². The lowest BCUT2D eigenvalue weighted by Crippen LogP contribution is -2.32. The SMILES string of the molecule is CC(=O)N(CCC(=O)Nc1ccc(C)cc1C)c1cccc(Br)c1. The number of halogens is 1. The number of anilines is 2. The number of nitrogens with zero attached hydrogens (tertiary/aromatic N) is 1. The molecule has 4 nitrogen and oxygen atoms in total. The van der Waals surface area contributed by atoms with Gasteiger partial charge in [-0.25, -0.2) is 0 Å². The van der Waals surface area contributed by atoms with Crippen molar-refractivity contribution in [2.24, 2.45) is 0 Å². The lowest BCUT2D eigenvalue weighted by Gasteiger charge is -2.21. The lowest BCUT2D eigenvalue weighted by molar-refractivity contribution is -0.117. The predicted molar refractivity (Wildman–Crippen MR) is 101 cm³/mol. The molecule has 0 radical (unpaired) electrons. The smallest absolute Gasteiger partial charge is 0.226 e. The Kier molecular flexibility index (Phi) is 6.15. The molecule has 0 spiro atoms. The quantitative estimate of drug-likeness (QED) is 0.822. The minimum Gasteiger partial charge on any atom is -0.326 e. The Bertz CT molecular complexity index is 759. The fourth-order valence-corrected chi connectivity index (χ4v) is 2.88. The summed E-state index contributed by atoms with van der Waals surface area (Å²) in [4.78, 5) is 25.7. The molecular weight excluding hydrogens is 368 g/mol. The van der Waals surface area contributed by atoms with Gasteiger partial charge >= 0.3 is 0 Å². The van der Waals surface area contributed by atoms with Crippen LogP contribution in [0.1, 0.15) is 24.5 Å². The van der Waals surface area contributed by atoms with Crippen molar-refractivity contribution in [3.63, 3.8) is 0 Å². The summed E-state index contributed by atoms with van der Waals surface area (Å²) in [7, 11) is 0. The van der Waals surface area contributed by atoms with Crippen molar-refractivity contribution in [1.29, 1.82) is 0 Å². The number of carbonyl (C=O) groups excluding carboxylic acids is 2. The van der Waals surface area contributed by atoms with Crippen molar-refractivity contribution >= 4 is 39.1 Å². The van der Waals surface area contributed by atoms with Crippen LogP contribution in [0.5, 0.6) is 0 Å². The summed E-state index contributed by atoms with van der Waals surface area (Å²) < 4.78 is 0.894. The number of amides is 2. The number of benzene rings is 2. The van der Waals surface area contributed by atoms with Crippen molar-refractivity contribution in [2.75, 3.05) is 16.8 Å². The fraction of sp³-hybridized carbons (Fsp3) is 0.263. The molecule has 126 valence electrons. The highest BCUT2D eigenvalue weighted by molar-refractivity contribution is 9.10. The van der Waals surface area contributed by atoms with E-state index in [0.29, 0.717) is 6.54 Å². The van der Waals surface area contributed by atoms with Gasteiger partial charge in [0.25, 0.3) is 0 Å². The van der Waals surface area contributed by atoms with E-state index in [1.807, 2.05) is 56.3 Å². The fourth-order valence-electron chi connectivity index (χ4n) is 2.49. The van der Waals surface area contributed by atoms with E-state index >= 15 is 0 Å². The van der Waals surface area contributed by atoms with Crippen LogP contribution in [0, 0.1) is 13.8 Å². The third-order valence-electron chi connectivity index (χ3n) is 3.72. The maximum Gasteiger partial charge on any atom is 0.226 e. The number of rotatable bonds is 5. The first-order chi connectivity index (χ1) is 11.4. The average molecular weight is 389 g/mol. The molecule has 0 atom stereocenters. The van der Waals surface area contributed by atoms with Gasteiger partial charge in [-0.1, -0.05) is 39.7 Å². The first-order valence-corrected chi connectivity index (χ1v) is 8.57. The number of aryl methyl sites for hydroxylation is 2. The molecule has 1 N–H and O–H groups in total. The van der Waals surface area contributed by atoms with Crippen molar-refractivity contribution in [3.05, 3.63) is 58.1 Å². The van der Waals surface area contributed by atoms with Crippen molar-refractivity contribution in [2.45, 2.75) is 27.2 Å². The molecule has 0 unspecified atom stereocenters. The van der Waals surface area contributed by atoms with Gasteiger partial charge in [-0.05, 0) is 43.7 Å². The topological polar surface area (TPSA) is 49.4 Å². The molecule has 0 aliphatic rings. The van der Waals surface area contributed by atoms with Crippen molar-refractivity contribution in [3.8, 4) is 0 Å². The normalized spacial score (nSPS) is 10.3. The van der Waals surface area contributed by atoms with Crippen molar-refractivity contribution in [1.82, 2.24) is 0 Å². The van der Waals surface area contributed by atoms with Crippen LogP contribution in [0.3, 0.4) is 0 Å². The monoisotopic (exact) mass is 388 g/mol. The maximum atomic E-state index is 12.2. The Hall–Kier alpha value is -2.14. The summed E-state index contributed by atoms with van der Waals surface area (Å²) in [6, 6.07) is 13.4. The highest BCUT2D eigenvalue weighted by atomic mass is 79.9. The molecular formula is C19H21BrN2O2. The van der Waals surface area contributed by atoms with Crippen LogP contribution in [0.4, 0.5) is 11.4 Å². The number of hydrogen-bond acceptors (Lipinski definition) is 2. The first-order valence-electron chi connectivity index (χ1n) is 7.77. The van der Waals surface area contributed by atoms with E-state index in [1.54, 1.807) is 4.90 Å². The highest BCUT2D eigenvalue weighted by Gasteiger charge is 2.14. The number of carbonyl (C=O) groups is 2. The van der Waals surface area contributed by atoms with Crippen LogP contribution in [0.15, 0.2) is 46.9 Å². The van der Waals surface area contributed by atoms with Gasteiger partial charge in [0.15, 0.2) is 0 Å². The van der Waals surface area contributed by atoms with Crippen molar-refractivity contribution < 1.29 is 9.59 Å². The largest absolute Gasteiger partial charge is 0.326 e. The highest BCUT2D eigenvalue weighted by Crippen LogP contribution is 2.21. The van der Waals surface area contributed by atoms with Gasteiger partial charge in [-0.2, -0.15) is 0 Å². The Labute approximate surface area is 151 Å². The van der Waals surface area contributed by atoms with E-state index in [4.69, 9.17) is 0 Å². The Balaban J connectivity index is 2.01. The summed E-state index contributed by atoms with van der Waals surface area (Å²) in [5.74, 6) is -0.199. The van der Waals surface area contributed by atoms with Gasteiger partial charge in [0.1, 0.15) is 0 Å². The molecule has 2 aromatic carbocycles. The van der Waals surface area contributed by atoms with Crippen LogP contribution in [0.25, 0.3) is 0 Å². The minimum atomic E-state index is -0.108. The molecule has 0 saturated heterocycles. The second-order valence-electron chi connectivity index (χ2n) is 5.77. The van der Waals surface area contributed by atoms with Gasteiger partial charge < -0.3 is 10.2 Å². The molecule has 0 bridgehead atoms. The molecule has 0 saturated carbocycles. The number of hydrogen-bond donors (Lipinski definition) is 1. The summed E-state index contributed by atoms with van der Waals surface area (Å²) in [6.45, 7) is 5.82. The molecule has 0 heterocycles. The summed E-state index contributed by atoms with van der Waals surface area (Å²) >= 11 is 3.40. The third-order valence-corrected chi connectivity index (χ3v) is 4.21. The van der Waals surface area contributed by atoms with E-state index < -0.39 is 0 Å². The van der Waals surface area contributed by atoms with Gasteiger partial charge in [-0.3, -0.25) is 9.59 Å². The average Bonchev–Trinajstić information content (AvgIpc) is 2.50. The molecule has 0 fully saturated rings.